The molecule has 194 valence electrons. The average Bonchev–Trinajstić information content (AvgIpc) is 3.34. The Morgan fingerprint density at radius 3 is 2.42 bits per heavy atom. The molecule has 0 bridgehead atoms. The number of aliphatic hydroxyl groups excluding tert-OH is 1. The van der Waals surface area contributed by atoms with E-state index in [1.54, 1.807) is 51.7 Å². The SMILES string of the molecule is C=CC[C@@]1(C(=O)NNCc2c(OC)cc(OC)cc2OC)COC(c2ccc(OCCCO)cc2)=N1. The maximum absolute atomic E-state index is 13.2. The maximum Gasteiger partial charge on any atom is 0.266 e. The molecule has 0 aliphatic carbocycles. The number of rotatable bonds is 14. The van der Waals surface area contributed by atoms with Crippen LogP contribution in [0.4, 0.5) is 0 Å². The van der Waals surface area contributed by atoms with Gasteiger partial charge < -0.3 is 28.8 Å². The number of nitrogens with one attached hydrogen (secondary N) is 2. The predicted octanol–water partition coefficient (Wildman–Crippen LogP) is 2.39. The molecule has 3 N–H and O–H groups in total. The zero-order valence-electron chi connectivity index (χ0n) is 20.8. The van der Waals surface area contributed by atoms with Crippen molar-refractivity contribution in [1.82, 2.24) is 10.9 Å². The molecule has 1 amide bonds. The van der Waals surface area contributed by atoms with Crippen LogP contribution in [0.2, 0.25) is 0 Å². The van der Waals surface area contributed by atoms with Crippen LogP contribution in [0.5, 0.6) is 23.0 Å². The average molecular weight is 500 g/mol. The number of benzene rings is 2. The maximum atomic E-state index is 13.2. The van der Waals surface area contributed by atoms with Crippen molar-refractivity contribution in [3.05, 3.63) is 60.2 Å². The Labute approximate surface area is 210 Å². The zero-order chi connectivity index (χ0) is 26.0. The van der Waals surface area contributed by atoms with Crippen LogP contribution in [0.25, 0.3) is 0 Å². The number of ether oxygens (including phenoxy) is 5. The molecule has 2 aromatic carbocycles. The lowest BCUT2D eigenvalue weighted by Gasteiger charge is -2.22. The summed E-state index contributed by atoms with van der Waals surface area (Å²) >= 11 is 0. The van der Waals surface area contributed by atoms with Crippen LogP contribution in [0.3, 0.4) is 0 Å². The fraction of sp³-hybridized carbons (Fsp3) is 0.385. The summed E-state index contributed by atoms with van der Waals surface area (Å²) in [6.45, 7) is 4.60. The number of aliphatic imine (C=N–C) groups is 1. The van der Waals surface area contributed by atoms with Crippen LogP contribution in [0, 0.1) is 0 Å². The molecule has 10 heteroatoms. The van der Waals surface area contributed by atoms with Gasteiger partial charge in [0.25, 0.3) is 5.91 Å². The number of methoxy groups -OCH3 is 3. The van der Waals surface area contributed by atoms with E-state index in [0.29, 0.717) is 53.9 Å². The number of nitrogens with zero attached hydrogens (tertiary/aromatic N) is 1. The zero-order valence-corrected chi connectivity index (χ0v) is 20.8. The van der Waals surface area contributed by atoms with Gasteiger partial charge in [-0.2, -0.15) is 0 Å². The number of hydrogen-bond acceptors (Lipinski definition) is 9. The van der Waals surface area contributed by atoms with Crippen molar-refractivity contribution in [3.8, 4) is 23.0 Å². The number of hydrazine groups is 1. The third kappa shape index (κ3) is 6.27. The minimum atomic E-state index is -1.16. The number of amides is 1. The van der Waals surface area contributed by atoms with E-state index in [1.807, 2.05) is 12.1 Å². The van der Waals surface area contributed by atoms with E-state index >= 15 is 0 Å². The van der Waals surface area contributed by atoms with E-state index < -0.39 is 5.54 Å². The first-order chi connectivity index (χ1) is 17.5. The van der Waals surface area contributed by atoms with Crippen molar-refractivity contribution in [2.24, 2.45) is 4.99 Å². The fourth-order valence-electron chi connectivity index (χ4n) is 3.68. The van der Waals surface area contributed by atoms with E-state index in [9.17, 15) is 4.79 Å². The molecule has 2 aromatic rings. The Morgan fingerprint density at radius 2 is 1.83 bits per heavy atom. The molecule has 36 heavy (non-hydrogen) atoms. The highest BCUT2D eigenvalue weighted by atomic mass is 16.5. The molecule has 0 unspecified atom stereocenters. The van der Waals surface area contributed by atoms with Gasteiger partial charge in [-0.25, -0.2) is 10.4 Å². The third-order valence-corrected chi connectivity index (χ3v) is 5.62. The van der Waals surface area contributed by atoms with E-state index in [-0.39, 0.29) is 25.7 Å². The first kappa shape index (κ1) is 26.8. The number of carbonyl (C=O) groups excluding carboxylic acids is 1. The Balaban J connectivity index is 1.70. The van der Waals surface area contributed by atoms with Crippen LogP contribution in [0.1, 0.15) is 24.0 Å². The predicted molar refractivity (Wildman–Crippen MR) is 135 cm³/mol. The summed E-state index contributed by atoms with van der Waals surface area (Å²) < 4.78 is 27.6. The highest BCUT2D eigenvalue weighted by molar-refractivity contribution is 6.00. The molecule has 0 radical (unpaired) electrons. The van der Waals surface area contributed by atoms with Crippen LogP contribution >= 0.6 is 0 Å². The Morgan fingerprint density at radius 1 is 1.14 bits per heavy atom. The topological polar surface area (TPSA) is 120 Å². The van der Waals surface area contributed by atoms with E-state index in [1.165, 1.54) is 0 Å². The summed E-state index contributed by atoms with van der Waals surface area (Å²) in [5, 5.41) is 8.88. The first-order valence-corrected chi connectivity index (χ1v) is 11.5. The van der Waals surface area contributed by atoms with E-state index in [4.69, 9.17) is 28.8 Å². The molecule has 3 rings (SSSR count). The van der Waals surface area contributed by atoms with E-state index in [0.717, 1.165) is 5.56 Å². The van der Waals surface area contributed by atoms with Gasteiger partial charge in [-0.05, 0) is 24.3 Å². The normalized spacial score (nSPS) is 16.5. The van der Waals surface area contributed by atoms with Gasteiger partial charge in [0.1, 0.15) is 29.6 Å². The molecule has 10 nitrogen and oxygen atoms in total. The fourth-order valence-corrected chi connectivity index (χ4v) is 3.68. The van der Waals surface area contributed by atoms with Gasteiger partial charge in [0, 0.05) is 43.7 Å². The molecule has 1 aliphatic heterocycles. The second-order valence-corrected chi connectivity index (χ2v) is 8.00. The van der Waals surface area contributed by atoms with Gasteiger partial charge in [-0.15, -0.1) is 6.58 Å². The lowest BCUT2D eigenvalue weighted by Crippen LogP contribution is -2.51. The standard InChI is InChI=1S/C26H33N3O7/c1-5-11-26(17-36-24(28-26)18-7-9-19(10-8-18)35-13-6-12-30)25(31)29-27-16-21-22(33-3)14-20(32-2)15-23(21)34-4/h5,7-10,14-15,27,30H,1,6,11-13,16-17H2,2-4H3,(H,29,31)/t26-/m0/s1. The highest BCUT2D eigenvalue weighted by Crippen LogP contribution is 2.34. The van der Waals surface area contributed by atoms with Gasteiger partial charge in [0.15, 0.2) is 5.54 Å². The monoisotopic (exact) mass is 499 g/mol. The van der Waals surface area contributed by atoms with Crippen molar-refractivity contribution in [3.63, 3.8) is 0 Å². The summed E-state index contributed by atoms with van der Waals surface area (Å²) in [6.07, 6.45) is 2.49. The molecule has 0 spiro atoms. The molecule has 1 heterocycles. The summed E-state index contributed by atoms with van der Waals surface area (Å²) in [5.41, 5.74) is 5.96. The quantitative estimate of drug-likeness (QED) is 0.206. The molecule has 0 fully saturated rings. The van der Waals surface area contributed by atoms with Crippen molar-refractivity contribution < 1.29 is 33.6 Å². The number of hydrogen-bond donors (Lipinski definition) is 3. The molecule has 0 saturated carbocycles. The first-order valence-electron chi connectivity index (χ1n) is 11.5. The lowest BCUT2D eigenvalue weighted by molar-refractivity contribution is -0.127. The van der Waals surface area contributed by atoms with Crippen molar-refractivity contribution in [2.45, 2.75) is 24.9 Å². The molecule has 0 aromatic heterocycles. The largest absolute Gasteiger partial charge is 0.496 e. The van der Waals surface area contributed by atoms with Gasteiger partial charge in [-0.3, -0.25) is 10.2 Å². The minimum Gasteiger partial charge on any atom is -0.496 e. The second-order valence-electron chi connectivity index (χ2n) is 8.00. The number of aliphatic hydroxyl groups is 1. The molecular formula is C26H33N3O7. The van der Waals surface area contributed by atoms with Crippen LogP contribution in [0.15, 0.2) is 54.0 Å². The number of carbonyl (C=O) groups is 1. The van der Waals surface area contributed by atoms with Crippen molar-refractivity contribution >= 4 is 11.8 Å². The van der Waals surface area contributed by atoms with Gasteiger partial charge in [-0.1, -0.05) is 6.08 Å². The van der Waals surface area contributed by atoms with Crippen LogP contribution < -0.4 is 29.8 Å². The summed E-state index contributed by atoms with van der Waals surface area (Å²) in [5.74, 6) is 2.40. The molecule has 0 saturated heterocycles. The molecular weight excluding hydrogens is 466 g/mol. The van der Waals surface area contributed by atoms with Crippen LogP contribution in [-0.2, 0) is 16.1 Å². The van der Waals surface area contributed by atoms with Gasteiger partial charge in [0.05, 0.1) is 33.5 Å². The minimum absolute atomic E-state index is 0.0752. The van der Waals surface area contributed by atoms with Crippen LogP contribution in [-0.4, -0.2) is 63.6 Å². The molecule has 1 atom stereocenters. The summed E-state index contributed by atoms with van der Waals surface area (Å²) in [4.78, 5) is 17.8. The Kier molecular flexibility index (Phi) is 9.54. The Hall–Kier alpha value is -3.76. The Bertz CT molecular complexity index is 1050. The lowest BCUT2D eigenvalue weighted by atomic mass is 9.97. The summed E-state index contributed by atoms with van der Waals surface area (Å²) in [6, 6.07) is 10.7. The van der Waals surface area contributed by atoms with E-state index in [2.05, 4.69) is 22.4 Å². The highest BCUT2D eigenvalue weighted by Gasteiger charge is 2.43. The molecule has 1 aliphatic rings. The second kappa shape index (κ2) is 12.8. The third-order valence-electron chi connectivity index (χ3n) is 5.62. The van der Waals surface area contributed by atoms with Crippen molar-refractivity contribution in [2.75, 3.05) is 41.2 Å². The smallest absolute Gasteiger partial charge is 0.266 e. The van der Waals surface area contributed by atoms with Crippen molar-refractivity contribution in [1.29, 1.82) is 0 Å². The van der Waals surface area contributed by atoms with Gasteiger partial charge in [0.2, 0.25) is 5.90 Å². The summed E-state index contributed by atoms with van der Waals surface area (Å²) in [7, 11) is 4.66. The van der Waals surface area contributed by atoms with Gasteiger partial charge >= 0.3 is 0 Å².